The van der Waals surface area contributed by atoms with Crippen LogP contribution in [-0.2, 0) is 21.2 Å². The molecule has 1 atom stereocenters. The molecule has 2 amide bonds. The zero-order valence-corrected chi connectivity index (χ0v) is 16.4. The lowest BCUT2D eigenvalue weighted by Crippen LogP contribution is -2.45. The summed E-state index contributed by atoms with van der Waals surface area (Å²) in [7, 11) is -0.366. The van der Waals surface area contributed by atoms with Gasteiger partial charge in [-0.15, -0.1) is 0 Å². The topological polar surface area (TPSA) is 79.0 Å². The van der Waals surface area contributed by atoms with Crippen LogP contribution in [0.1, 0.15) is 5.56 Å². The summed E-state index contributed by atoms with van der Waals surface area (Å²) >= 11 is 0. The van der Waals surface area contributed by atoms with Gasteiger partial charge in [-0.3, -0.25) is 9.21 Å². The van der Waals surface area contributed by atoms with E-state index in [-0.39, 0.29) is 12.1 Å². The van der Waals surface area contributed by atoms with Crippen molar-refractivity contribution in [2.24, 2.45) is 0 Å². The Morgan fingerprint density at radius 3 is 2.56 bits per heavy atom. The Hall–Kier alpha value is -2.58. The molecular weight excluding hydrogens is 366 g/mol. The third kappa shape index (κ3) is 4.06. The molecule has 3 rings (SSSR count). The van der Waals surface area contributed by atoms with Crippen molar-refractivity contribution >= 4 is 33.1 Å². The van der Waals surface area contributed by atoms with Gasteiger partial charge < -0.3 is 10.1 Å². The third-order valence-electron chi connectivity index (χ3n) is 4.68. The van der Waals surface area contributed by atoms with E-state index in [0.717, 1.165) is 28.2 Å². The van der Waals surface area contributed by atoms with Gasteiger partial charge in [0, 0.05) is 26.3 Å². The second-order valence-electron chi connectivity index (χ2n) is 6.48. The molecule has 144 valence electrons. The van der Waals surface area contributed by atoms with Crippen molar-refractivity contribution in [1.29, 1.82) is 0 Å². The lowest BCUT2D eigenvalue weighted by molar-refractivity contribution is 0.106. The summed E-state index contributed by atoms with van der Waals surface area (Å²) < 4.78 is 30.4. The molecule has 7 nitrogen and oxygen atoms in total. The molecule has 0 aliphatic carbocycles. The minimum Gasteiger partial charge on any atom is -0.379 e. The summed E-state index contributed by atoms with van der Waals surface area (Å²) in [5, 5.41) is 2.84. The van der Waals surface area contributed by atoms with Gasteiger partial charge in [0.2, 0.25) is 10.0 Å². The van der Waals surface area contributed by atoms with E-state index in [4.69, 9.17) is 4.74 Å². The molecule has 0 fully saturated rings. The smallest absolute Gasteiger partial charge is 0.326 e. The Labute approximate surface area is 159 Å². The largest absolute Gasteiger partial charge is 0.379 e. The molecule has 0 radical (unpaired) electrons. The first-order valence-corrected chi connectivity index (χ1v) is 10.4. The number of hydrogen-bond donors (Lipinski definition) is 1. The van der Waals surface area contributed by atoms with Gasteiger partial charge >= 0.3 is 6.03 Å². The predicted octanol–water partition coefficient (Wildman–Crippen LogP) is 2.69. The number of methoxy groups -OCH3 is 1. The molecule has 1 aliphatic rings. The van der Waals surface area contributed by atoms with E-state index < -0.39 is 10.0 Å². The van der Waals surface area contributed by atoms with Crippen LogP contribution in [0.2, 0.25) is 0 Å². The Morgan fingerprint density at radius 2 is 1.85 bits per heavy atom. The molecular formula is C19H23N3O4S. The SMILES string of the molecule is COC1Cc2ccccc2N(C(=O)Nc2ccccc2N(C)S(C)(=O)=O)C1. The summed E-state index contributed by atoms with van der Waals surface area (Å²) in [6, 6.07) is 14.2. The Morgan fingerprint density at radius 1 is 1.19 bits per heavy atom. The van der Waals surface area contributed by atoms with Crippen LogP contribution in [0.4, 0.5) is 21.9 Å². The molecule has 1 aliphatic heterocycles. The summed E-state index contributed by atoms with van der Waals surface area (Å²) in [6.07, 6.45) is 1.76. The monoisotopic (exact) mass is 389 g/mol. The number of urea groups is 1. The number of para-hydroxylation sites is 3. The van der Waals surface area contributed by atoms with E-state index in [2.05, 4.69) is 5.32 Å². The third-order valence-corrected chi connectivity index (χ3v) is 5.87. The number of anilines is 3. The number of fused-ring (bicyclic) bond motifs is 1. The van der Waals surface area contributed by atoms with E-state index in [1.54, 1.807) is 36.3 Å². The molecule has 8 heteroatoms. The highest BCUT2D eigenvalue weighted by Gasteiger charge is 2.29. The number of carbonyl (C=O) groups excluding carboxylic acids is 1. The van der Waals surface area contributed by atoms with Crippen LogP contribution in [-0.4, -0.2) is 47.5 Å². The van der Waals surface area contributed by atoms with Crippen molar-refractivity contribution in [3.63, 3.8) is 0 Å². The van der Waals surface area contributed by atoms with Gasteiger partial charge in [-0.1, -0.05) is 30.3 Å². The fourth-order valence-electron chi connectivity index (χ4n) is 3.12. The van der Waals surface area contributed by atoms with Crippen molar-refractivity contribution in [2.75, 3.05) is 41.5 Å². The minimum atomic E-state index is -3.45. The van der Waals surface area contributed by atoms with Crippen molar-refractivity contribution in [3.05, 3.63) is 54.1 Å². The molecule has 2 aromatic carbocycles. The van der Waals surface area contributed by atoms with E-state index in [0.29, 0.717) is 17.9 Å². The number of hydrogen-bond acceptors (Lipinski definition) is 4. The van der Waals surface area contributed by atoms with Gasteiger partial charge in [-0.25, -0.2) is 13.2 Å². The van der Waals surface area contributed by atoms with Crippen LogP contribution >= 0.6 is 0 Å². The van der Waals surface area contributed by atoms with Crippen LogP contribution in [0, 0.1) is 0 Å². The first-order valence-electron chi connectivity index (χ1n) is 8.53. The Kier molecular flexibility index (Phi) is 5.38. The van der Waals surface area contributed by atoms with Crippen molar-refractivity contribution in [1.82, 2.24) is 0 Å². The van der Waals surface area contributed by atoms with Crippen molar-refractivity contribution < 1.29 is 17.9 Å². The van der Waals surface area contributed by atoms with E-state index in [1.807, 2.05) is 24.3 Å². The van der Waals surface area contributed by atoms with Gasteiger partial charge in [0.25, 0.3) is 0 Å². The van der Waals surface area contributed by atoms with Crippen LogP contribution in [0.25, 0.3) is 0 Å². The van der Waals surface area contributed by atoms with Gasteiger partial charge in [-0.2, -0.15) is 0 Å². The van der Waals surface area contributed by atoms with E-state index in [1.165, 1.54) is 7.05 Å². The molecule has 1 N–H and O–H groups in total. The van der Waals surface area contributed by atoms with E-state index in [9.17, 15) is 13.2 Å². The second kappa shape index (κ2) is 7.58. The molecule has 0 spiro atoms. The van der Waals surface area contributed by atoms with Crippen LogP contribution in [0.15, 0.2) is 48.5 Å². The maximum Gasteiger partial charge on any atom is 0.326 e. The standard InChI is InChI=1S/C19H23N3O4S/c1-21(27(3,24)25)18-11-7-5-9-16(18)20-19(23)22-13-15(26-2)12-14-8-4-6-10-17(14)22/h4-11,15H,12-13H2,1-3H3,(H,20,23). The summed E-state index contributed by atoms with van der Waals surface area (Å²) in [6.45, 7) is 0.420. The second-order valence-corrected chi connectivity index (χ2v) is 8.49. The number of carbonyl (C=O) groups is 1. The maximum absolute atomic E-state index is 13.0. The number of sulfonamides is 1. The number of benzene rings is 2. The highest BCUT2D eigenvalue weighted by molar-refractivity contribution is 7.92. The quantitative estimate of drug-likeness (QED) is 0.872. The van der Waals surface area contributed by atoms with Crippen LogP contribution in [0.5, 0.6) is 0 Å². The molecule has 27 heavy (non-hydrogen) atoms. The summed E-state index contributed by atoms with van der Waals surface area (Å²) in [5.74, 6) is 0. The Balaban J connectivity index is 1.91. The summed E-state index contributed by atoms with van der Waals surface area (Å²) in [4.78, 5) is 14.6. The molecule has 0 bridgehead atoms. The fraction of sp³-hybridized carbons (Fsp3) is 0.316. The molecule has 0 saturated heterocycles. The number of rotatable bonds is 4. The number of amides is 2. The van der Waals surface area contributed by atoms with Gasteiger partial charge in [0.05, 0.1) is 30.3 Å². The fourth-order valence-corrected chi connectivity index (χ4v) is 3.64. The average molecular weight is 389 g/mol. The number of nitrogens with zero attached hydrogens (tertiary/aromatic N) is 2. The zero-order chi connectivity index (χ0) is 19.6. The first-order chi connectivity index (χ1) is 12.8. The van der Waals surface area contributed by atoms with Gasteiger partial charge in [0.15, 0.2) is 0 Å². The Bertz CT molecular complexity index is 945. The number of nitrogens with one attached hydrogen (secondary N) is 1. The highest BCUT2D eigenvalue weighted by Crippen LogP contribution is 2.30. The van der Waals surface area contributed by atoms with Crippen molar-refractivity contribution in [2.45, 2.75) is 12.5 Å². The zero-order valence-electron chi connectivity index (χ0n) is 15.5. The normalized spacial score (nSPS) is 16.6. The minimum absolute atomic E-state index is 0.0976. The van der Waals surface area contributed by atoms with Crippen molar-refractivity contribution in [3.8, 4) is 0 Å². The van der Waals surface area contributed by atoms with Gasteiger partial charge in [-0.05, 0) is 23.8 Å². The molecule has 0 saturated carbocycles. The van der Waals surface area contributed by atoms with Gasteiger partial charge in [0.1, 0.15) is 0 Å². The lowest BCUT2D eigenvalue weighted by Gasteiger charge is -2.34. The molecule has 1 heterocycles. The average Bonchev–Trinajstić information content (AvgIpc) is 2.66. The van der Waals surface area contributed by atoms with Crippen LogP contribution in [0.3, 0.4) is 0 Å². The first kappa shape index (κ1) is 19.2. The summed E-state index contributed by atoms with van der Waals surface area (Å²) in [5.41, 5.74) is 2.69. The maximum atomic E-state index is 13.0. The molecule has 0 aromatic heterocycles. The lowest BCUT2D eigenvalue weighted by atomic mass is 10.00. The molecule has 1 unspecified atom stereocenters. The van der Waals surface area contributed by atoms with E-state index >= 15 is 0 Å². The van der Waals surface area contributed by atoms with Crippen LogP contribution < -0.4 is 14.5 Å². The number of ether oxygens (including phenoxy) is 1. The molecule has 2 aromatic rings. The highest BCUT2D eigenvalue weighted by atomic mass is 32.2. The predicted molar refractivity (Wildman–Crippen MR) is 107 cm³/mol.